The number of carbonyl (C=O) groups is 1. The average Bonchev–Trinajstić information content (AvgIpc) is 2.52. The summed E-state index contributed by atoms with van der Waals surface area (Å²) in [4.78, 5) is 15.9. The van der Waals surface area contributed by atoms with Crippen molar-refractivity contribution in [1.82, 2.24) is 10.3 Å². The number of nitrogens with zero attached hydrogens (tertiary/aromatic N) is 1. The molecule has 2 aromatic rings. The van der Waals surface area contributed by atoms with Gasteiger partial charge in [0.1, 0.15) is 18.1 Å². The fourth-order valence-electron chi connectivity index (χ4n) is 1.76. The highest BCUT2D eigenvalue weighted by atomic mass is 16.5. The summed E-state index contributed by atoms with van der Waals surface area (Å²) in [5.74, 6) is 0.801. The van der Waals surface area contributed by atoms with Crippen LogP contribution < -0.4 is 20.5 Å². The number of hydrogen-bond acceptors (Lipinski definition) is 5. The Hall–Kier alpha value is -2.76. The molecule has 0 saturated carbocycles. The zero-order chi connectivity index (χ0) is 15.1. The molecule has 2 rings (SSSR count). The lowest BCUT2D eigenvalue weighted by Gasteiger charge is -2.10. The van der Waals surface area contributed by atoms with E-state index in [0.29, 0.717) is 35.9 Å². The van der Waals surface area contributed by atoms with Gasteiger partial charge in [0.15, 0.2) is 0 Å². The van der Waals surface area contributed by atoms with Crippen LogP contribution in [0.15, 0.2) is 42.7 Å². The lowest BCUT2D eigenvalue weighted by atomic mass is 10.2. The number of nitrogen functional groups attached to an aromatic ring is 1. The number of rotatable bonds is 6. The van der Waals surface area contributed by atoms with Gasteiger partial charge in [-0.3, -0.25) is 9.78 Å². The van der Waals surface area contributed by atoms with E-state index < -0.39 is 0 Å². The smallest absolute Gasteiger partial charge is 0.255 e. The molecule has 1 aromatic carbocycles. The third-order valence-corrected chi connectivity index (χ3v) is 2.81. The molecule has 0 fully saturated rings. The van der Waals surface area contributed by atoms with Crippen LogP contribution in [0.4, 0.5) is 5.69 Å². The first kappa shape index (κ1) is 14.6. The lowest BCUT2D eigenvalue weighted by molar-refractivity contribution is 0.0944. The Labute approximate surface area is 122 Å². The van der Waals surface area contributed by atoms with Crippen molar-refractivity contribution >= 4 is 11.6 Å². The van der Waals surface area contributed by atoms with E-state index in [2.05, 4.69) is 10.3 Å². The van der Waals surface area contributed by atoms with Crippen LogP contribution >= 0.6 is 0 Å². The molecular weight excluding hydrogens is 270 g/mol. The molecule has 1 heterocycles. The highest BCUT2D eigenvalue weighted by molar-refractivity contribution is 5.96. The van der Waals surface area contributed by atoms with Gasteiger partial charge in [0.25, 0.3) is 5.91 Å². The second kappa shape index (κ2) is 7.14. The minimum Gasteiger partial charge on any atom is -0.494 e. The molecule has 0 atom stereocenters. The molecule has 0 saturated heterocycles. The molecule has 0 bridgehead atoms. The number of benzene rings is 1. The number of aromatic nitrogens is 1. The van der Waals surface area contributed by atoms with Crippen LogP contribution in [-0.4, -0.2) is 31.2 Å². The van der Waals surface area contributed by atoms with E-state index in [1.165, 1.54) is 13.3 Å². The summed E-state index contributed by atoms with van der Waals surface area (Å²) in [6.07, 6.45) is 3.04. The Morgan fingerprint density at radius 1 is 1.29 bits per heavy atom. The predicted octanol–water partition coefficient (Wildman–Crippen LogP) is 1.48. The van der Waals surface area contributed by atoms with Crippen LogP contribution in [-0.2, 0) is 0 Å². The van der Waals surface area contributed by atoms with Crippen molar-refractivity contribution in [2.75, 3.05) is 26.0 Å². The molecule has 0 aliphatic heterocycles. The first-order valence-corrected chi connectivity index (χ1v) is 6.46. The molecule has 0 aliphatic rings. The van der Waals surface area contributed by atoms with E-state index in [1.54, 1.807) is 24.4 Å². The first-order chi connectivity index (χ1) is 10.2. The molecule has 0 unspecified atom stereocenters. The lowest BCUT2D eigenvalue weighted by Crippen LogP contribution is -2.28. The van der Waals surface area contributed by atoms with Gasteiger partial charge in [-0.1, -0.05) is 12.1 Å². The zero-order valence-electron chi connectivity index (χ0n) is 11.7. The zero-order valence-corrected chi connectivity index (χ0v) is 11.7. The van der Waals surface area contributed by atoms with E-state index in [0.717, 1.165) is 0 Å². The number of carbonyl (C=O) groups excluding carboxylic acids is 1. The Morgan fingerprint density at radius 3 is 2.86 bits per heavy atom. The van der Waals surface area contributed by atoms with Crippen molar-refractivity contribution in [3.8, 4) is 11.5 Å². The number of anilines is 1. The van der Waals surface area contributed by atoms with Gasteiger partial charge in [0, 0.05) is 6.20 Å². The fourth-order valence-corrected chi connectivity index (χ4v) is 1.76. The molecule has 0 spiro atoms. The number of amides is 1. The minimum atomic E-state index is -0.237. The minimum absolute atomic E-state index is 0.237. The van der Waals surface area contributed by atoms with Crippen LogP contribution in [0.1, 0.15) is 10.4 Å². The van der Waals surface area contributed by atoms with E-state index >= 15 is 0 Å². The fraction of sp³-hybridized carbons (Fsp3) is 0.200. The van der Waals surface area contributed by atoms with Crippen molar-refractivity contribution in [3.05, 3.63) is 48.3 Å². The Kier molecular flexibility index (Phi) is 4.98. The van der Waals surface area contributed by atoms with E-state index in [9.17, 15) is 4.79 Å². The van der Waals surface area contributed by atoms with Gasteiger partial charge in [0.05, 0.1) is 31.1 Å². The Morgan fingerprint density at radius 2 is 2.10 bits per heavy atom. The van der Waals surface area contributed by atoms with Crippen LogP contribution in [0, 0.1) is 0 Å². The molecule has 1 aromatic heterocycles. The van der Waals surface area contributed by atoms with Crippen molar-refractivity contribution in [2.45, 2.75) is 0 Å². The Balaban J connectivity index is 1.83. The molecule has 110 valence electrons. The van der Waals surface area contributed by atoms with Gasteiger partial charge in [-0.25, -0.2) is 0 Å². The second-order valence-electron chi connectivity index (χ2n) is 4.22. The molecule has 3 N–H and O–H groups in total. The summed E-state index contributed by atoms with van der Waals surface area (Å²) < 4.78 is 10.6. The molecule has 1 amide bonds. The van der Waals surface area contributed by atoms with Gasteiger partial charge in [0.2, 0.25) is 0 Å². The van der Waals surface area contributed by atoms with Gasteiger partial charge < -0.3 is 20.5 Å². The molecule has 6 nitrogen and oxygen atoms in total. The molecule has 0 radical (unpaired) electrons. The highest BCUT2D eigenvalue weighted by Gasteiger charge is 2.11. The molecule has 6 heteroatoms. The van der Waals surface area contributed by atoms with Crippen molar-refractivity contribution in [2.24, 2.45) is 0 Å². The van der Waals surface area contributed by atoms with Crippen LogP contribution in [0.25, 0.3) is 0 Å². The third-order valence-electron chi connectivity index (χ3n) is 2.81. The maximum atomic E-state index is 12.0. The van der Waals surface area contributed by atoms with Crippen LogP contribution in [0.3, 0.4) is 0 Å². The van der Waals surface area contributed by atoms with Crippen molar-refractivity contribution in [3.63, 3.8) is 0 Å². The number of methoxy groups -OCH3 is 1. The topological polar surface area (TPSA) is 86.5 Å². The quantitative estimate of drug-likeness (QED) is 0.621. The van der Waals surface area contributed by atoms with Gasteiger partial charge in [-0.05, 0) is 18.2 Å². The Bertz CT molecular complexity index is 617. The van der Waals surface area contributed by atoms with E-state index in [4.69, 9.17) is 15.2 Å². The summed E-state index contributed by atoms with van der Waals surface area (Å²) in [6.45, 7) is 0.687. The monoisotopic (exact) mass is 287 g/mol. The standard InChI is InChI=1S/C15H17N3O3/c1-20-14-10-17-7-6-11(14)15(19)18-8-9-21-13-5-3-2-4-12(13)16/h2-7,10H,8-9,16H2,1H3,(H,18,19). The maximum absolute atomic E-state index is 12.0. The van der Waals surface area contributed by atoms with Crippen molar-refractivity contribution < 1.29 is 14.3 Å². The van der Waals surface area contributed by atoms with Gasteiger partial charge in [-0.2, -0.15) is 0 Å². The van der Waals surface area contributed by atoms with E-state index in [-0.39, 0.29) is 5.91 Å². The SMILES string of the molecule is COc1cnccc1C(=O)NCCOc1ccccc1N. The van der Waals surface area contributed by atoms with Gasteiger partial charge in [-0.15, -0.1) is 0 Å². The number of para-hydroxylation sites is 2. The third kappa shape index (κ3) is 3.85. The molecule has 0 aliphatic carbocycles. The summed E-state index contributed by atoms with van der Waals surface area (Å²) in [6, 6.07) is 8.81. The van der Waals surface area contributed by atoms with Gasteiger partial charge >= 0.3 is 0 Å². The van der Waals surface area contributed by atoms with E-state index in [1.807, 2.05) is 12.1 Å². The predicted molar refractivity (Wildman–Crippen MR) is 79.5 cm³/mol. The number of pyridine rings is 1. The largest absolute Gasteiger partial charge is 0.494 e. The summed E-state index contributed by atoms with van der Waals surface area (Å²) in [5.41, 5.74) is 6.76. The summed E-state index contributed by atoms with van der Waals surface area (Å²) in [5, 5.41) is 2.75. The van der Waals surface area contributed by atoms with Crippen LogP contribution in [0.2, 0.25) is 0 Å². The number of hydrogen-bond donors (Lipinski definition) is 2. The molecular formula is C15H17N3O3. The number of ether oxygens (including phenoxy) is 2. The van der Waals surface area contributed by atoms with Crippen LogP contribution in [0.5, 0.6) is 11.5 Å². The average molecular weight is 287 g/mol. The van der Waals surface area contributed by atoms with Crippen molar-refractivity contribution in [1.29, 1.82) is 0 Å². The second-order valence-corrected chi connectivity index (χ2v) is 4.22. The number of nitrogens with one attached hydrogen (secondary N) is 1. The first-order valence-electron chi connectivity index (χ1n) is 6.46. The highest BCUT2D eigenvalue weighted by Crippen LogP contribution is 2.19. The number of nitrogens with two attached hydrogens (primary N) is 1. The summed E-state index contributed by atoms with van der Waals surface area (Å²) >= 11 is 0. The molecule has 21 heavy (non-hydrogen) atoms. The maximum Gasteiger partial charge on any atom is 0.255 e. The summed E-state index contributed by atoms with van der Waals surface area (Å²) in [7, 11) is 1.50. The normalized spacial score (nSPS) is 9.95.